The van der Waals surface area contributed by atoms with Gasteiger partial charge in [-0.05, 0) is 25.0 Å². The van der Waals surface area contributed by atoms with Crippen LogP contribution in [-0.4, -0.2) is 17.4 Å². The van der Waals surface area contributed by atoms with Crippen LogP contribution in [0.25, 0.3) is 0 Å². The summed E-state index contributed by atoms with van der Waals surface area (Å²) in [6, 6.07) is 19.5. The van der Waals surface area contributed by atoms with Crippen LogP contribution in [0, 0.1) is 0 Å². The maximum atomic E-state index is 12.8. The number of benzene rings is 2. The number of carbonyl (C=O) groups excluding carboxylic acids is 1. The second-order valence-electron chi connectivity index (χ2n) is 5.37. The molecule has 110 valence electrons. The van der Waals surface area contributed by atoms with Gasteiger partial charge in [-0.15, -0.1) is 0 Å². The van der Waals surface area contributed by atoms with E-state index < -0.39 is 5.54 Å². The van der Waals surface area contributed by atoms with Crippen LogP contribution in [0.5, 0.6) is 0 Å². The second kappa shape index (κ2) is 6.55. The van der Waals surface area contributed by atoms with Gasteiger partial charge in [0.2, 0.25) is 5.91 Å². The molecule has 1 amide bonds. The van der Waals surface area contributed by atoms with E-state index in [-0.39, 0.29) is 5.91 Å². The molecule has 0 aromatic heterocycles. The monoisotopic (exact) mass is 282 g/mol. The van der Waals surface area contributed by atoms with Crippen molar-refractivity contribution in [3.63, 3.8) is 0 Å². The van der Waals surface area contributed by atoms with Crippen molar-refractivity contribution >= 4 is 5.91 Å². The molecule has 0 bridgehead atoms. The molecule has 1 unspecified atom stereocenters. The summed E-state index contributed by atoms with van der Waals surface area (Å²) < 4.78 is 0. The van der Waals surface area contributed by atoms with Crippen molar-refractivity contribution in [2.24, 2.45) is 5.73 Å². The van der Waals surface area contributed by atoms with Crippen molar-refractivity contribution in [2.75, 3.05) is 6.54 Å². The fourth-order valence-electron chi connectivity index (χ4n) is 2.37. The first kappa shape index (κ1) is 15.3. The van der Waals surface area contributed by atoms with Gasteiger partial charge < -0.3 is 10.6 Å². The fraction of sp³-hybridized carbons (Fsp3) is 0.278. The third-order valence-corrected chi connectivity index (χ3v) is 3.70. The van der Waals surface area contributed by atoms with Gasteiger partial charge in [0.05, 0.1) is 0 Å². The minimum absolute atomic E-state index is 0.0555. The fourth-order valence-corrected chi connectivity index (χ4v) is 2.37. The molecule has 2 rings (SSSR count). The molecule has 0 spiro atoms. The lowest BCUT2D eigenvalue weighted by Crippen LogP contribution is -2.50. The molecule has 1 atom stereocenters. The van der Waals surface area contributed by atoms with E-state index >= 15 is 0 Å². The van der Waals surface area contributed by atoms with Crippen LogP contribution in [-0.2, 0) is 16.9 Å². The molecule has 0 aliphatic carbocycles. The first-order valence-electron chi connectivity index (χ1n) is 7.23. The normalized spacial score (nSPS) is 13.5. The van der Waals surface area contributed by atoms with Crippen LogP contribution in [0.15, 0.2) is 60.7 Å². The van der Waals surface area contributed by atoms with Gasteiger partial charge in [-0.2, -0.15) is 0 Å². The first-order valence-corrected chi connectivity index (χ1v) is 7.23. The molecule has 0 heterocycles. The Balaban J connectivity index is 2.20. The molecule has 0 radical (unpaired) electrons. The van der Waals surface area contributed by atoms with Crippen molar-refractivity contribution in [3.8, 4) is 0 Å². The molecule has 2 aromatic carbocycles. The summed E-state index contributed by atoms with van der Waals surface area (Å²) in [5.74, 6) is -0.0555. The predicted octanol–water partition coefficient (Wildman–Crippen LogP) is 2.91. The molecule has 3 nitrogen and oxygen atoms in total. The van der Waals surface area contributed by atoms with E-state index in [4.69, 9.17) is 5.73 Å². The molecule has 0 saturated heterocycles. The van der Waals surface area contributed by atoms with Crippen molar-refractivity contribution in [3.05, 3.63) is 71.8 Å². The molecule has 0 fully saturated rings. The summed E-state index contributed by atoms with van der Waals surface area (Å²) in [6.45, 7) is 4.96. The molecular formula is C18H22N2O. The number of rotatable bonds is 5. The Morgan fingerprint density at radius 2 is 1.57 bits per heavy atom. The highest BCUT2D eigenvalue weighted by Crippen LogP contribution is 2.21. The summed E-state index contributed by atoms with van der Waals surface area (Å²) in [7, 11) is 0. The number of hydrogen-bond donors (Lipinski definition) is 1. The highest BCUT2D eigenvalue weighted by atomic mass is 16.2. The van der Waals surface area contributed by atoms with Crippen LogP contribution in [0.4, 0.5) is 0 Å². The number of likely N-dealkylation sites (N-methyl/N-ethyl adjacent to an activating group) is 1. The molecular weight excluding hydrogens is 260 g/mol. The van der Waals surface area contributed by atoms with Crippen LogP contribution in [0.3, 0.4) is 0 Å². The lowest BCUT2D eigenvalue weighted by molar-refractivity contribution is -0.137. The predicted molar refractivity (Wildman–Crippen MR) is 85.5 cm³/mol. The van der Waals surface area contributed by atoms with Gasteiger partial charge in [0.25, 0.3) is 0 Å². The highest BCUT2D eigenvalue weighted by Gasteiger charge is 2.33. The lowest BCUT2D eigenvalue weighted by Gasteiger charge is -2.31. The van der Waals surface area contributed by atoms with E-state index in [0.717, 1.165) is 11.1 Å². The summed E-state index contributed by atoms with van der Waals surface area (Å²) in [5.41, 5.74) is 7.26. The average molecular weight is 282 g/mol. The van der Waals surface area contributed by atoms with Crippen LogP contribution >= 0.6 is 0 Å². The zero-order valence-corrected chi connectivity index (χ0v) is 12.6. The average Bonchev–Trinajstić information content (AvgIpc) is 2.53. The number of amides is 1. The standard InChI is InChI=1S/C18H22N2O/c1-3-20(14-15-10-6-4-7-11-15)17(21)18(2,19)16-12-8-5-9-13-16/h4-13H,3,14,19H2,1-2H3. The smallest absolute Gasteiger partial charge is 0.247 e. The minimum atomic E-state index is -1.01. The molecule has 0 aliphatic heterocycles. The molecule has 0 aliphatic rings. The number of hydrogen-bond acceptors (Lipinski definition) is 2. The Bertz CT molecular complexity index is 579. The summed E-state index contributed by atoms with van der Waals surface area (Å²) >= 11 is 0. The maximum Gasteiger partial charge on any atom is 0.247 e. The lowest BCUT2D eigenvalue weighted by atomic mass is 9.91. The Kier molecular flexibility index (Phi) is 4.76. The molecule has 2 N–H and O–H groups in total. The quantitative estimate of drug-likeness (QED) is 0.916. The number of carbonyl (C=O) groups is 1. The second-order valence-corrected chi connectivity index (χ2v) is 5.37. The van der Waals surface area contributed by atoms with E-state index in [0.29, 0.717) is 13.1 Å². The first-order chi connectivity index (χ1) is 10.1. The number of nitrogens with two attached hydrogens (primary N) is 1. The van der Waals surface area contributed by atoms with E-state index in [1.54, 1.807) is 11.8 Å². The van der Waals surface area contributed by atoms with Gasteiger partial charge in [-0.25, -0.2) is 0 Å². The van der Waals surface area contributed by atoms with Gasteiger partial charge >= 0.3 is 0 Å². The van der Waals surface area contributed by atoms with Crippen LogP contribution in [0.1, 0.15) is 25.0 Å². The van der Waals surface area contributed by atoms with Crippen molar-refractivity contribution < 1.29 is 4.79 Å². The van der Waals surface area contributed by atoms with Gasteiger partial charge in [0, 0.05) is 13.1 Å². The Morgan fingerprint density at radius 3 is 2.10 bits per heavy atom. The van der Waals surface area contributed by atoms with E-state index in [1.165, 1.54) is 0 Å². The van der Waals surface area contributed by atoms with Crippen molar-refractivity contribution in [1.82, 2.24) is 4.90 Å². The molecule has 3 heteroatoms. The third-order valence-electron chi connectivity index (χ3n) is 3.70. The molecule has 2 aromatic rings. The largest absolute Gasteiger partial charge is 0.337 e. The zero-order valence-electron chi connectivity index (χ0n) is 12.6. The number of nitrogens with zero attached hydrogens (tertiary/aromatic N) is 1. The SMILES string of the molecule is CCN(Cc1ccccc1)C(=O)C(C)(N)c1ccccc1. The van der Waals surface area contributed by atoms with Crippen molar-refractivity contribution in [2.45, 2.75) is 25.9 Å². The highest BCUT2D eigenvalue weighted by molar-refractivity contribution is 5.87. The van der Waals surface area contributed by atoms with Crippen molar-refractivity contribution in [1.29, 1.82) is 0 Å². The van der Waals surface area contributed by atoms with Crippen LogP contribution < -0.4 is 5.73 Å². The van der Waals surface area contributed by atoms with Crippen LogP contribution in [0.2, 0.25) is 0 Å². The zero-order chi connectivity index (χ0) is 15.3. The Hall–Kier alpha value is -2.13. The van der Waals surface area contributed by atoms with Gasteiger partial charge in [-0.1, -0.05) is 60.7 Å². The Morgan fingerprint density at radius 1 is 1.05 bits per heavy atom. The van der Waals surface area contributed by atoms with E-state index in [9.17, 15) is 4.79 Å². The molecule has 21 heavy (non-hydrogen) atoms. The van der Waals surface area contributed by atoms with E-state index in [1.807, 2.05) is 67.6 Å². The maximum absolute atomic E-state index is 12.8. The topological polar surface area (TPSA) is 46.3 Å². The van der Waals surface area contributed by atoms with E-state index in [2.05, 4.69) is 0 Å². The minimum Gasteiger partial charge on any atom is -0.337 e. The van der Waals surface area contributed by atoms with Gasteiger partial charge in [0.1, 0.15) is 5.54 Å². The Labute approximate surface area is 126 Å². The summed E-state index contributed by atoms with van der Waals surface area (Å²) in [5, 5.41) is 0. The van der Waals surface area contributed by atoms with Gasteiger partial charge in [0.15, 0.2) is 0 Å². The molecule has 0 saturated carbocycles. The van der Waals surface area contributed by atoms with Gasteiger partial charge in [-0.3, -0.25) is 4.79 Å². The summed E-state index contributed by atoms with van der Waals surface area (Å²) in [6.07, 6.45) is 0. The summed E-state index contributed by atoms with van der Waals surface area (Å²) in [4.78, 5) is 14.6. The third kappa shape index (κ3) is 3.50.